The molecule has 0 aliphatic rings. The Morgan fingerprint density at radius 3 is 2.71 bits per heavy atom. The summed E-state index contributed by atoms with van der Waals surface area (Å²) in [7, 11) is 0. The number of hydrogen-bond acceptors (Lipinski definition) is 2. The zero-order chi connectivity index (χ0) is 10.4. The summed E-state index contributed by atoms with van der Waals surface area (Å²) in [5.74, 6) is 0. The number of aromatic nitrogens is 2. The highest BCUT2D eigenvalue weighted by Crippen LogP contribution is 2.16. The van der Waals surface area contributed by atoms with Gasteiger partial charge in [0.2, 0.25) is 0 Å². The molecule has 1 rings (SSSR count). The quantitative estimate of drug-likeness (QED) is 0.524. The second kappa shape index (κ2) is 5.15. The molecule has 0 aliphatic carbocycles. The molecule has 72 valence electrons. The van der Waals surface area contributed by atoms with Crippen LogP contribution in [0.2, 0.25) is 0 Å². The lowest BCUT2D eigenvalue weighted by Gasteiger charge is -2.01. The molecule has 0 bridgehead atoms. The van der Waals surface area contributed by atoms with Crippen molar-refractivity contribution in [2.45, 2.75) is 20.8 Å². The summed E-state index contributed by atoms with van der Waals surface area (Å²) in [6, 6.07) is 1.95. The molecule has 0 radical (unpaired) electrons. The van der Waals surface area contributed by atoms with E-state index in [0.29, 0.717) is 0 Å². The molecule has 0 atom stereocenters. The third-order valence-corrected chi connectivity index (χ3v) is 2.08. The Labute approximate surface area is 84.7 Å². The van der Waals surface area contributed by atoms with Gasteiger partial charge >= 0.3 is 0 Å². The molecule has 1 heterocycles. The number of hydrogen-bond donors (Lipinski definition) is 0. The maximum Gasteiger partial charge on any atom is 0.0571 e. The minimum atomic E-state index is 1.10. The second-order valence-electron chi connectivity index (χ2n) is 3.04. The van der Waals surface area contributed by atoms with E-state index in [1.165, 1.54) is 11.1 Å². The molecular weight excluding hydrogens is 172 g/mol. The molecule has 0 amide bonds. The first-order valence-corrected chi connectivity index (χ1v) is 4.57. The normalized spacial score (nSPS) is 11.4. The summed E-state index contributed by atoms with van der Waals surface area (Å²) < 4.78 is 0. The predicted molar refractivity (Wildman–Crippen MR) is 58.6 cm³/mol. The van der Waals surface area contributed by atoms with E-state index in [1.807, 2.05) is 25.1 Å². The number of rotatable bonds is 2. The highest BCUT2D eigenvalue weighted by molar-refractivity contribution is 5.67. The molecule has 1 aromatic heterocycles. The molecule has 2 nitrogen and oxygen atoms in total. The van der Waals surface area contributed by atoms with Crippen LogP contribution in [-0.4, -0.2) is 10.2 Å². The van der Waals surface area contributed by atoms with Crippen LogP contribution in [0, 0.1) is 0 Å². The summed E-state index contributed by atoms with van der Waals surface area (Å²) in [6.45, 7) is 6.08. The van der Waals surface area contributed by atoms with Crippen LogP contribution >= 0.6 is 0 Å². The maximum atomic E-state index is 3.84. The van der Waals surface area contributed by atoms with Crippen molar-refractivity contribution in [1.82, 2.24) is 10.2 Å². The highest BCUT2D eigenvalue weighted by atomic mass is 15.1. The second-order valence-corrected chi connectivity index (χ2v) is 3.04. The smallest absolute Gasteiger partial charge is 0.0571 e. The zero-order valence-electron chi connectivity index (χ0n) is 8.78. The predicted octanol–water partition coefficient (Wildman–Crippen LogP) is 3.00. The number of allylic oxidation sites excluding steroid dienone is 3. The first kappa shape index (κ1) is 10.4. The van der Waals surface area contributed by atoms with E-state index in [9.17, 15) is 0 Å². The Kier molecular flexibility index (Phi) is 3.84. The van der Waals surface area contributed by atoms with Crippen LogP contribution in [0.15, 0.2) is 41.9 Å². The van der Waals surface area contributed by atoms with Gasteiger partial charge < -0.3 is 0 Å². The highest BCUT2D eigenvalue weighted by Gasteiger charge is 1.97. The first-order valence-electron chi connectivity index (χ1n) is 4.57. The summed E-state index contributed by atoms with van der Waals surface area (Å²) in [4.78, 5) is 0. The van der Waals surface area contributed by atoms with Crippen LogP contribution in [0.4, 0.5) is 0 Å². The maximum absolute atomic E-state index is 3.84. The first-order chi connectivity index (χ1) is 6.75. The van der Waals surface area contributed by atoms with Gasteiger partial charge in [-0.05, 0) is 55.7 Å². The van der Waals surface area contributed by atoms with Gasteiger partial charge in [-0.15, -0.1) is 5.73 Å². The van der Waals surface area contributed by atoms with E-state index in [2.05, 4.69) is 29.8 Å². The Morgan fingerprint density at radius 2 is 2.14 bits per heavy atom. The van der Waals surface area contributed by atoms with Gasteiger partial charge in [0, 0.05) is 0 Å². The average molecular weight is 186 g/mol. The van der Waals surface area contributed by atoms with Gasteiger partial charge in [-0.25, -0.2) is 0 Å². The molecule has 0 saturated carbocycles. The molecule has 0 aliphatic heterocycles. The largest absolute Gasteiger partial charge is 0.159 e. The van der Waals surface area contributed by atoms with Gasteiger partial charge in [0.05, 0.1) is 12.4 Å². The fourth-order valence-electron chi connectivity index (χ4n) is 1.06. The van der Waals surface area contributed by atoms with Gasteiger partial charge in [-0.1, -0.05) is 0 Å². The van der Waals surface area contributed by atoms with Crippen molar-refractivity contribution in [1.29, 1.82) is 0 Å². The van der Waals surface area contributed by atoms with Gasteiger partial charge in [-0.2, -0.15) is 10.2 Å². The molecule has 14 heavy (non-hydrogen) atoms. The van der Waals surface area contributed by atoms with Crippen molar-refractivity contribution in [3.63, 3.8) is 0 Å². The third-order valence-electron chi connectivity index (χ3n) is 2.08. The van der Waals surface area contributed by atoms with E-state index >= 15 is 0 Å². The summed E-state index contributed by atoms with van der Waals surface area (Å²) >= 11 is 0. The molecule has 0 unspecified atom stereocenters. The van der Waals surface area contributed by atoms with Crippen LogP contribution in [0.25, 0.3) is 5.57 Å². The molecule has 0 spiro atoms. The van der Waals surface area contributed by atoms with Crippen molar-refractivity contribution < 1.29 is 0 Å². The topological polar surface area (TPSA) is 25.8 Å². The molecule has 0 aromatic carbocycles. The summed E-state index contributed by atoms with van der Waals surface area (Å²) in [5.41, 5.74) is 6.55. The zero-order valence-corrected chi connectivity index (χ0v) is 8.78. The molecule has 2 heteroatoms. The van der Waals surface area contributed by atoms with Crippen molar-refractivity contribution in [3.05, 3.63) is 47.5 Å². The lowest BCUT2D eigenvalue weighted by atomic mass is 10.1. The standard InChI is InChI=1S/C12H14N2/c1-4-5-6-10(2)11(3)12-7-8-13-14-9-12/h4,6-9H,1-3H3/b11-10+. The molecule has 0 saturated heterocycles. The van der Waals surface area contributed by atoms with Gasteiger partial charge in [0.25, 0.3) is 0 Å². The minimum absolute atomic E-state index is 1.10. The van der Waals surface area contributed by atoms with E-state index in [-0.39, 0.29) is 0 Å². The van der Waals surface area contributed by atoms with E-state index in [4.69, 9.17) is 0 Å². The molecule has 1 aromatic rings. The Balaban J connectivity index is 3.05. The van der Waals surface area contributed by atoms with Gasteiger partial charge in [0.15, 0.2) is 0 Å². The van der Waals surface area contributed by atoms with Crippen molar-refractivity contribution in [2.24, 2.45) is 0 Å². The van der Waals surface area contributed by atoms with E-state index < -0.39 is 0 Å². The van der Waals surface area contributed by atoms with Gasteiger partial charge in [-0.3, -0.25) is 0 Å². The fraction of sp³-hybridized carbons (Fsp3) is 0.250. The Bertz CT molecular complexity index is 382. The van der Waals surface area contributed by atoms with Crippen LogP contribution in [-0.2, 0) is 0 Å². The Morgan fingerprint density at radius 1 is 1.36 bits per heavy atom. The summed E-state index contributed by atoms with van der Waals surface area (Å²) in [5, 5.41) is 7.59. The van der Waals surface area contributed by atoms with Crippen molar-refractivity contribution in [3.8, 4) is 0 Å². The van der Waals surface area contributed by atoms with Crippen LogP contribution in [0.3, 0.4) is 0 Å². The molecule has 0 fully saturated rings. The van der Waals surface area contributed by atoms with E-state index in [0.717, 1.165) is 5.56 Å². The molecule has 0 N–H and O–H groups in total. The average Bonchev–Trinajstić information content (AvgIpc) is 2.26. The summed E-state index contributed by atoms with van der Waals surface area (Å²) in [6.07, 6.45) is 7.32. The Hall–Kier alpha value is -1.66. The fourth-order valence-corrected chi connectivity index (χ4v) is 1.06. The third kappa shape index (κ3) is 2.68. The number of nitrogens with zero attached hydrogens (tertiary/aromatic N) is 2. The molecular formula is C12H14N2. The van der Waals surface area contributed by atoms with Crippen molar-refractivity contribution >= 4 is 5.57 Å². The van der Waals surface area contributed by atoms with Crippen LogP contribution < -0.4 is 0 Å². The van der Waals surface area contributed by atoms with Crippen LogP contribution in [0.1, 0.15) is 26.3 Å². The van der Waals surface area contributed by atoms with Gasteiger partial charge in [0.1, 0.15) is 0 Å². The SMILES string of the molecule is CC=C=C/C(C)=C(\C)c1ccnnc1. The van der Waals surface area contributed by atoms with Crippen LogP contribution in [0.5, 0.6) is 0 Å². The van der Waals surface area contributed by atoms with E-state index in [1.54, 1.807) is 12.4 Å². The lowest BCUT2D eigenvalue weighted by Crippen LogP contribution is -1.86. The minimum Gasteiger partial charge on any atom is -0.159 e. The van der Waals surface area contributed by atoms with Crippen molar-refractivity contribution in [2.75, 3.05) is 0 Å². The lowest BCUT2D eigenvalue weighted by molar-refractivity contribution is 1.02. The monoisotopic (exact) mass is 186 g/mol.